The lowest BCUT2D eigenvalue weighted by Gasteiger charge is -2.27. The van der Waals surface area contributed by atoms with Crippen molar-refractivity contribution in [1.29, 1.82) is 0 Å². The maximum atomic E-state index is 9.71. The quantitative estimate of drug-likeness (QED) is 0.665. The van der Waals surface area contributed by atoms with Crippen molar-refractivity contribution in [2.45, 2.75) is 40.2 Å². The summed E-state index contributed by atoms with van der Waals surface area (Å²) in [6.07, 6.45) is 0.539. The highest BCUT2D eigenvalue weighted by Gasteiger charge is 2.22. The van der Waals surface area contributed by atoms with Gasteiger partial charge >= 0.3 is 0 Å². The Labute approximate surface area is 75.6 Å². The van der Waals surface area contributed by atoms with Crippen LogP contribution in [0.5, 0.6) is 0 Å². The molecule has 2 nitrogen and oxygen atoms in total. The predicted molar refractivity (Wildman–Crippen MR) is 50.9 cm³/mol. The third-order valence-corrected chi connectivity index (χ3v) is 2.70. The van der Waals surface area contributed by atoms with Crippen molar-refractivity contribution in [2.24, 2.45) is 17.8 Å². The molecule has 0 aromatic rings. The fraction of sp³-hybridized carbons (Fsp3) is 1.00. The van der Waals surface area contributed by atoms with Crippen molar-refractivity contribution in [3.63, 3.8) is 0 Å². The molecule has 0 bridgehead atoms. The van der Waals surface area contributed by atoms with Gasteiger partial charge in [0.15, 0.2) is 0 Å². The van der Waals surface area contributed by atoms with E-state index < -0.39 is 0 Å². The highest BCUT2D eigenvalue weighted by atomic mass is 16.3. The van der Waals surface area contributed by atoms with Crippen molar-refractivity contribution in [1.82, 2.24) is 0 Å². The van der Waals surface area contributed by atoms with Crippen LogP contribution < -0.4 is 0 Å². The van der Waals surface area contributed by atoms with Gasteiger partial charge < -0.3 is 10.2 Å². The summed E-state index contributed by atoms with van der Waals surface area (Å²) in [5.41, 5.74) is 0. The maximum absolute atomic E-state index is 9.71. The van der Waals surface area contributed by atoms with Crippen LogP contribution in [0.1, 0.15) is 34.1 Å². The standard InChI is InChI=1S/C10H22O2/c1-7(2)10(12)9(4)8(3)5-6-11/h7-12H,5-6H2,1-4H3/t8-,9-,10-/m1/s1. The minimum Gasteiger partial charge on any atom is -0.396 e. The molecule has 2 heteroatoms. The normalized spacial score (nSPS) is 19.2. The zero-order chi connectivity index (χ0) is 9.72. The highest BCUT2D eigenvalue weighted by Crippen LogP contribution is 2.22. The number of aliphatic hydroxyl groups is 2. The maximum Gasteiger partial charge on any atom is 0.0591 e. The summed E-state index contributed by atoms with van der Waals surface area (Å²) >= 11 is 0. The molecule has 0 aliphatic rings. The van der Waals surface area contributed by atoms with Crippen molar-refractivity contribution in [3.8, 4) is 0 Å². The second kappa shape index (κ2) is 5.55. The van der Waals surface area contributed by atoms with Crippen molar-refractivity contribution in [2.75, 3.05) is 6.61 Å². The minimum absolute atomic E-state index is 0.219. The van der Waals surface area contributed by atoms with E-state index in [9.17, 15) is 5.11 Å². The van der Waals surface area contributed by atoms with Crippen molar-refractivity contribution in [3.05, 3.63) is 0 Å². The average Bonchev–Trinajstić information content (AvgIpc) is 2.02. The third kappa shape index (κ3) is 3.55. The van der Waals surface area contributed by atoms with Crippen LogP contribution in [-0.2, 0) is 0 Å². The molecule has 0 spiro atoms. The second-order valence-electron chi connectivity index (χ2n) is 4.08. The minimum atomic E-state index is -0.244. The molecule has 3 atom stereocenters. The second-order valence-corrected chi connectivity index (χ2v) is 4.08. The molecule has 0 radical (unpaired) electrons. The van der Waals surface area contributed by atoms with E-state index in [4.69, 9.17) is 5.11 Å². The first-order chi connectivity index (χ1) is 5.50. The summed E-state index contributed by atoms with van der Waals surface area (Å²) in [5, 5.41) is 18.4. The Bertz CT molecular complexity index is 112. The molecule has 0 amide bonds. The van der Waals surface area contributed by atoms with E-state index in [1.165, 1.54) is 0 Å². The number of rotatable bonds is 5. The first kappa shape index (κ1) is 11.9. The molecule has 0 saturated heterocycles. The van der Waals surface area contributed by atoms with Gasteiger partial charge in [-0.2, -0.15) is 0 Å². The summed E-state index contributed by atoms with van der Waals surface area (Å²) in [5.74, 6) is 0.977. The largest absolute Gasteiger partial charge is 0.396 e. The Morgan fingerprint density at radius 3 is 1.92 bits per heavy atom. The molecule has 12 heavy (non-hydrogen) atoms. The van der Waals surface area contributed by atoms with Gasteiger partial charge in [-0.15, -0.1) is 0 Å². The molecular formula is C10H22O2. The molecule has 0 fully saturated rings. The molecule has 0 aliphatic carbocycles. The van der Waals surface area contributed by atoms with Gasteiger partial charge in [0.1, 0.15) is 0 Å². The van der Waals surface area contributed by atoms with Gasteiger partial charge in [-0.1, -0.05) is 27.7 Å². The fourth-order valence-corrected chi connectivity index (χ4v) is 1.41. The van der Waals surface area contributed by atoms with Gasteiger partial charge in [0, 0.05) is 6.61 Å². The number of hydrogen-bond donors (Lipinski definition) is 2. The van der Waals surface area contributed by atoms with Gasteiger partial charge in [0.25, 0.3) is 0 Å². The van der Waals surface area contributed by atoms with Crippen LogP contribution in [0.25, 0.3) is 0 Å². The van der Waals surface area contributed by atoms with E-state index in [1.807, 2.05) is 20.8 Å². The van der Waals surface area contributed by atoms with Gasteiger partial charge in [0.05, 0.1) is 6.10 Å². The van der Waals surface area contributed by atoms with Crippen molar-refractivity contribution < 1.29 is 10.2 Å². The van der Waals surface area contributed by atoms with Crippen LogP contribution in [0.3, 0.4) is 0 Å². The SMILES string of the molecule is CC(C)[C@@H](O)[C@H](C)[C@H](C)CCO. The van der Waals surface area contributed by atoms with Crippen LogP contribution in [0.4, 0.5) is 0 Å². The van der Waals surface area contributed by atoms with E-state index in [0.29, 0.717) is 11.8 Å². The summed E-state index contributed by atoms with van der Waals surface area (Å²) in [4.78, 5) is 0. The smallest absolute Gasteiger partial charge is 0.0591 e. The van der Waals surface area contributed by atoms with Crippen LogP contribution >= 0.6 is 0 Å². The van der Waals surface area contributed by atoms with Crippen LogP contribution in [0, 0.1) is 17.8 Å². The molecule has 2 N–H and O–H groups in total. The molecule has 0 aliphatic heterocycles. The molecule has 74 valence electrons. The van der Waals surface area contributed by atoms with E-state index in [0.717, 1.165) is 6.42 Å². The van der Waals surface area contributed by atoms with E-state index >= 15 is 0 Å². The van der Waals surface area contributed by atoms with E-state index in [-0.39, 0.29) is 18.6 Å². The first-order valence-electron chi connectivity index (χ1n) is 4.79. The predicted octanol–water partition coefficient (Wildman–Crippen LogP) is 1.66. The van der Waals surface area contributed by atoms with E-state index in [1.54, 1.807) is 0 Å². The molecule has 0 saturated carbocycles. The van der Waals surface area contributed by atoms with Gasteiger partial charge in [-0.3, -0.25) is 0 Å². The highest BCUT2D eigenvalue weighted by molar-refractivity contribution is 4.72. The molecule has 0 aromatic heterocycles. The number of aliphatic hydroxyl groups excluding tert-OH is 2. The lowest BCUT2D eigenvalue weighted by Crippen LogP contribution is -2.28. The Hall–Kier alpha value is -0.0800. The van der Waals surface area contributed by atoms with Crippen molar-refractivity contribution >= 4 is 0 Å². The Morgan fingerprint density at radius 1 is 1.08 bits per heavy atom. The zero-order valence-electron chi connectivity index (χ0n) is 8.62. The monoisotopic (exact) mass is 174 g/mol. The third-order valence-electron chi connectivity index (χ3n) is 2.70. The topological polar surface area (TPSA) is 40.5 Å². The summed E-state index contributed by atoms with van der Waals surface area (Å²) < 4.78 is 0. The molecular weight excluding hydrogens is 152 g/mol. The van der Waals surface area contributed by atoms with Gasteiger partial charge in [-0.05, 0) is 24.2 Å². The molecule has 0 aromatic carbocycles. The Morgan fingerprint density at radius 2 is 1.58 bits per heavy atom. The summed E-state index contributed by atoms with van der Waals surface area (Å²) in [6, 6.07) is 0. The van der Waals surface area contributed by atoms with Crippen LogP contribution in [-0.4, -0.2) is 22.9 Å². The lowest BCUT2D eigenvalue weighted by molar-refractivity contribution is 0.0418. The molecule has 0 unspecified atom stereocenters. The Balaban J connectivity index is 3.90. The van der Waals surface area contributed by atoms with Crippen LogP contribution in [0.15, 0.2) is 0 Å². The van der Waals surface area contributed by atoms with E-state index in [2.05, 4.69) is 6.92 Å². The first-order valence-corrected chi connectivity index (χ1v) is 4.79. The Kier molecular flexibility index (Phi) is 5.51. The summed E-state index contributed by atoms with van der Waals surface area (Å²) in [7, 11) is 0. The molecule has 0 heterocycles. The zero-order valence-corrected chi connectivity index (χ0v) is 8.62. The van der Waals surface area contributed by atoms with Gasteiger partial charge in [-0.25, -0.2) is 0 Å². The average molecular weight is 174 g/mol. The fourth-order valence-electron chi connectivity index (χ4n) is 1.41. The van der Waals surface area contributed by atoms with Gasteiger partial charge in [0.2, 0.25) is 0 Å². The lowest BCUT2D eigenvalue weighted by atomic mass is 9.84. The van der Waals surface area contributed by atoms with Crippen LogP contribution in [0.2, 0.25) is 0 Å². The summed E-state index contributed by atoms with van der Waals surface area (Å²) in [6.45, 7) is 8.38. The molecule has 0 rings (SSSR count). The number of hydrogen-bond acceptors (Lipinski definition) is 2.